The van der Waals surface area contributed by atoms with Crippen LogP contribution in [0.25, 0.3) is 0 Å². The second kappa shape index (κ2) is 5.70. The molecule has 4 nitrogen and oxygen atoms in total. The van der Waals surface area contributed by atoms with Gasteiger partial charge in [-0.3, -0.25) is 4.79 Å². The van der Waals surface area contributed by atoms with Gasteiger partial charge in [-0.1, -0.05) is 0 Å². The predicted octanol–water partition coefficient (Wildman–Crippen LogP) is 2.51. The molecule has 7 heteroatoms. The number of aromatic nitrogens is 2. The Hall–Kier alpha value is -1.09. The Morgan fingerprint density at radius 3 is 2.67 bits per heavy atom. The first kappa shape index (κ1) is 13.3. The van der Waals surface area contributed by atoms with Crippen LogP contribution in [0.3, 0.4) is 0 Å². The highest BCUT2D eigenvalue weighted by molar-refractivity contribution is 14.1. The Morgan fingerprint density at radius 1 is 1.39 bits per heavy atom. The van der Waals surface area contributed by atoms with Crippen molar-refractivity contribution < 1.29 is 9.50 Å². The number of aromatic hydroxyl groups is 1. The highest BCUT2D eigenvalue weighted by Crippen LogP contribution is 2.22. The summed E-state index contributed by atoms with van der Waals surface area (Å²) in [5, 5.41) is 9.42. The van der Waals surface area contributed by atoms with E-state index < -0.39 is 0 Å². The van der Waals surface area contributed by atoms with Gasteiger partial charge in [0, 0.05) is 4.90 Å². The minimum absolute atomic E-state index is 0.170. The zero-order valence-corrected chi connectivity index (χ0v) is 12.0. The Balaban J connectivity index is 2.11. The number of rotatable bonds is 3. The molecular weight excluding hydrogens is 370 g/mol. The summed E-state index contributed by atoms with van der Waals surface area (Å²) in [5.74, 6) is 0.213. The summed E-state index contributed by atoms with van der Waals surface area (Å²) in [6.07, 6.45) is 0. The maximum Gasteiger partial charge on any atom is 0.268 e. The number of hydrogen-bond donors (Lipinski definition) is 2. The van der Waals surface area contributed by atoms with Crippen LogP contribution in [0.15, 0.2) is 34.0 Å². The summed E-state index contributed by atoms with van der Waals surface area (Å²) in [7, 11) is 0. The van der Waals surface area contributed by atoms with Crippen molar-refractivity contribution in [3.05, 3.63) is 49.8 Å². The summed E-state index contributed by atoms with van der Waals surface area (Å²) in [6.45, 7) is 0. The van der Waals surface area contributed by atoms with Crippen LogP contribution in [0, 0.1) is 9.39 Å². The molecule has 2 aromatic rings. The van der Waals surface area contributed by atoms with Crippen LogP contribution in [0.4, 0.5) is 4.39 Å². The topological polar surface area (TPSA) is 66.0 Å². The second-order valence-electron chi connectivity index (χ2n) is 3.39. The van der Waals surface area contributed by atoms with Crippen molar-refractivity contribution in [3.8, 4) is 5.88 Å². The largest absolute Gasteiger partial charge is 0.492 e. The molecule has 1 aromatic carbocycles. The Labute approximate surface area is 120 Å². The average Bonchev–Trinajstić information content (AvgIpc) is 2.35. The summed E-state index contributed by atoms with van der Waals surface area (Å²) < 4.78 is 12.9. The monoisotopic (exact) mass is 378 g/mol. The van der Waals surface area contributed by atoms with Gasteiger partial charge in [-0.05, 0) is 46.9 Å². The summed E-state index contributed by atoms with van der Waals surface area (Å²) in [4.78, 5) is 18.7. The van der Waals surface area contributed by atoms with E-state index in [-0.39, 0.29) is 20.8 Å². The van der Waals surface area contributed by atoms with E-state index in [1.807, 2.05) is 0 Å². The molecule has 2 N–H and O–H groups in total. The highest BCUT2D eigenvalue weighted by Gasteiger charge is 2.07. The molecule has 0 spiro atoms. The summed E-state index contributed by atoms with van der Waals surface area (Å²) in [5.41, 5.74) is -0.363. The maximum atomic E-state index is 12.7. The van der Waals surface area contributed by atoms with Gasteiger partial charge >= 0.3 is 0 Å². The SMILES string of the molecule is O=c1[nH]c(CSc2ccc(F)cc2)nc(O)c1I. The van der Waals surface area contributed by atoms with Crippen LogP contribution in [-0.4, -0.2) is 15.1 Å². The molecule has 94 valence electrons. The van der Waals surface area contributed by atoms with Crippen molar-refractivity contribution in [2.45, 2.75) is 10.6 Å². The van der Waals surface area contributed by atoms with Gasteiger partial charge < -0.3 is 10.1 Å². The third kappa shape index (κ3) is 3.22. The molecule has 0 fully saturated rings. The smallest absolute Gasteiger partial charge is 0.268 e. The fourth-order valence-electron chi connectivity index (χ4n) is 1.24. The van der Waals surface area contributed by atoms with Crippen molar-refractivity contribution in [1.29, 1.82) is 0 Å². The summed E-state index contributed by atoms with van der Waals surface area (Å²) >= 11 is 3.12. The molecule has 0 radical (unpaired) electrons. The minimum atomic E-state index is -0.363. The number of halogens is 2. The van der Waals surface area contributed by atoms with Crippen molar-refractivity contribution in [2.24, 2.45) is 0 Å². The summed E-state index contributed by atoms with van der Waals surface area (Å²) in [6, 6.07) is 6.02. The second-order valence-corrected chi connectivity index (χ2v) is 5.52. The fourth-order valence-corrected chi connectivity index (χ4v) is 2.27. The standard InChI is InChI=1S/C11H8FIN2O2S/c12-6-1-3-7(4-2-6)18-5-8-14-10(16)9(13)11(17)15-8/h1-4H,5H2,(H2,14,15,16,17). The fraction of sp³-hybridized carbons (Fsp3) is 0.0909. The zero-order valence-electron chi connectivity index (χ0n) is 8.98. The molecule has 0 aliphatic rings. The van der Waals surface area contributed by atoms with E-state index in [9.17, 15) is 14.3 Å². The van der Waals surface area contributed by atoms with Gasteiger partial charge in [0.15, 0.2) is 0 Å². The molecular formula is C11H8FIN2O2S. The molecule has 2 rings (SSSR count). The van der Waals surface area contributed by atoms with Crippen molar-refractivity contribution >= 4 is 34.4 Å². The number of H-pyrrole nitrogens is 1. The molecule has 1 aromatic heterocycles. The van der Waals surface area contributed by atoms with Gasteiger partial charge in [0.2, 0.25) is 5.88 Å². The molecule has 0 saturated heterocycles. The lowest BCUT2D eigenvalue weighted by molar-refractivity contribution is 0.444. The van der Waals surface area contributed by atoms with Gasteiger partial charge in [-0.25, -0.2) is 4.39 Å². The van der Waals surface area contributed by atoms with Crippen LogP contribution in [-0.2, 0) is 5.75 Å². The van der Waals surface area contributed by atoms with E-state index in [2.05, 4.69) is 9.97 Å². The maximum absolute atomic E-state index is 12.7. The lowest BCUT2D eigenvalue weighted by atomic mass is 10.4. The van der Waals surface area contributed by atoms with E-state index in [4.69, 9.17) is 0 Å². The van der Waals surface area contributed by atoms with Gasteiger partial charge in [-0.15, -0.1) is 11.8 Å². The normalized spacial score (nSPS) is 10.6. The lowest BCUT2D eigenvalue weighted by Crippen LogP contribution is -2.13. The molecule has 1 heterocycles. The molecule has 18 heavy (non-hydrogen) atoms. The van der Waals surface area contributed by atoms with Crippen molar-refractivity contribution in [2.75, 3.05) is 0 Å². The number of nitrogens with one attached hydrogen (secondary N) is 1. The quantitative estimate of drug-likeness (QED) is 0.637. The van der Waals surface area contributed by atoms with Gasteiger partial charge in [0.05, 0.1) is 5.75 Å². The van der Waals surface area contributed by atoms with E-state index in [1.165, 1.54) is 23.9 Å². The van der Waals surface area contributed by atoms with Crippen LogP contribution in [0.1, 0.15) is 5.82 Å². The first-order chi connectivity index (χ1) is 8.56. The predicted molar refractivity (Wildman–Crippen MR) is 75.2 cm³/mol. The molecule has 0 atom stereocenters. The number of nitrogens with zero attached hydrogens (tertiary/aromatic N) is 1. The molecule has 0 bridgehead atoms. The van der Waals surface area contributed by atoms with Gasteiger partial charge in [0.25, 0.3) is 5.56 Å². The highest BCUT2D eigenvalue weighted by atomic mass is 127. The van der Waals surface area contributed by atoms with Crippen LogP contribution in [0.5, 0.6) is 5.88 Å². The van der Waals surface area contributed by atoms with Crippen LogP contribution >= 0.6 is 34.4 Å². The Morgan fingerprint density at radius 2 is 2.06 bits per heavy atom. The van der Waals surface area contributed by atoms with Crippen molar-refractivity contribution in [1.82, 2.24) is 9.97 Å². The van der Waals surface area contributed by atoms with E-state index in [0.29, 0.717) is 11.6 Å². The average molecular weight is 378 g/mol. The first-order valence-electron chi connectivity index (χ1n) is 4.92. The molecule has 0 aliphatic carbocycles. The molecule has 0 saturated carbocycles. The zero-order chi connectivity index (χ0) is 13.1. The Kier molecular flexibility index (Phi) is 4.23. The molecule has 0 aliphatic heterocycles. The number of thioether (sulfide) groups is 1. The molecule has 0 amide bonds. The van der Waals surface area contributed by atoms with E-state index in [1.54, 1.807) is 34.7 Å². The number of aromatic amines is 1. The van der Waals surface area contributed by atoms with Gasteiger partial charge in [0.1, 0.15) is 15.2 Å². The first-order valence-corrected chi connectivity index (χ1v) is 6.98. The van der Waals surface area contributed by atoms with Crippen LogP contribution < -0.4 is 5.56 Å². The third-order valence-electron chi connectivity index (χ3n) is 2.08. The molecule has 0 unspecified atom stereocenters. The van der Waals surface area contributed by atoms with Crippen molar-refractivity contribution in [3.63, 3.8) is 0 Å². The van der Waals surface area contributed by atoms with Gasteiger partial charge in [-0.2, -0.15) is 4.98 Å². The Bertz CT molecular complexity index is 615. The lowest BCUT2D eigenvalue weighted by Gasteiger charge is -2.03. The van der Waals surface area contributed by atoms with Crippen LogP contribution in [0.2, 0.25) is 0 Å². The minimum Gasteiger partial charge on any atom is -0.492 e. The number of hydrogen-bond acceptors (Lipinski definition) is 4. The van der Waals surface area contributed by atoms with E-state index in [0.717, 1.165) is 4.90 Å². The van der Waals surface area contributed by atoms with E-state index >= 15 is 0 Å². The third-order valence-corrected chi connectivity index (χ3v) is 4.08. The number of benzene rings is 1.